The third-order valence-electron chi connectivity index (χ3n) is 2.65. The van der Waals surface area contributed by atoms with Crippen molar-refractivity contribution in [2.75, 3.05) is 20.7 Å². The van der Waals surface area contributed by atoms with E-state index < -0.39 is 6.10 Å². The van der Waals surface area contributed by atoms with Crippen molar-refractivity contribution >= 4 is 0 Å². The van der Waals surface area contributed by atoms with Crippen LogP contribution in [0.4, 0.5) is 0 Å². The molecule has 1 aromatic carbocycles. The lowest BCUT2D eigenvalue weighted by Gasteiger charge is -2.20. The molecule has 0 fully saturated rings. The van der Waals surface area contributed by atoms with Crippen molar-refractivity contribution in [2.24, 2.45) is 0 Å². The number of hydrogen-bond donors (Lipinski definition) is 2. The normalized spacial score (nSPS) is 12.9. The van der Waals surface area contributed by atoms with Gasteiger partial charge in [0.1, 0.15) is 5.75 Å². The second-order valence-electron chi connectivity index (χ2n) is 4.19. The molecule has 0 aliphatic heterocycles. The fourth-order valence-electron chi connectivity index (χ4n) is 1.95. The van der Waals surface area contributed by atoms with Gasteiger partial charge in [0, 0.05) is 12.1 Å². The number of ether oxygens (including phenoxy) is 1. The van der Waals surface area contributed by atoms with Gasteiger partial charge in [-0.25, -0.2) is 0 Å². The molecule has 0 bridgehead atoms. The summed E-state index contributed by atoms with van der Waals surface area (Å²) in [5, 5.41) is 13.0. The summed E-state index contributed by atoms with van der Waals surface area (Å²) in [5.41, 5.74) is 2.04. The first kappa shape index (κ1) is 13.0. The number of aliphatic hydroxyl groups excluding tert-OH is 1. The van der Waals surface area contributed by atoms with Crippen LogP contribution in [0.5, 0.6) is 5.75 Å². The van der Waals surface area contributed by atoms with E-state index in [1.54, 1.807) is 7.11 Å². The third kappa shape index (κ3) is 2.74. The molecule has 90 valence electrons. The summed E-state index contributed by atoms with van der Waals surface area (Å²) in [6.07, 6.45) is -0.488. The molecular weight excluding hydrogens is 202 g/mol. The maximum atomic E-state index is 10.1. The fraction of sp³-hybridized carbons (Fsp3) is 0.538. The van der Waals surface area contributed by atoms with Crippen LogP contribution in [0.1, 0.15) is 37.0 Å². The van der Waals surface area contributed by atoms with Crippen molar-refractivity contribution in [3.05, 3.63) is 29.3 Å². The van der Waals surface area contributed by atoms with Gasteiger partial charge in [0.05, 0.1) is 13.2 Å². The number of benzene rings is 1. The highest BCUT2D eigenvalue weighted by Gasteiger charge is 2.17. The zero-order valence-corrected chi connectivity index (χ0v) is 10.4. The first-order chi connectivity index (χ1) is 7.61. The Balaban J connectivity index is 3.16. The summed E-state index contributed by atoms with van der Waals surface area (Å²) in [6.45, 7) is 4.76. The van der Waals surface area contributed by atoms with Crippen LogP contribution in [0.3, 0.4) is 0 Å². The van der Waals surface area contributed by atoms with Gasteiger partial charge in [0.25, 0.3) is 0 Å². The molecule has 1 atom stereocenters. The maximum Gasteiger partial charge on any atom is 0.122 e. The van der Waals surface area contributed by atoms with Crippen molar-refractivity contribution in [3.63, 3.8) is 0 Å². The van der Waals surface area contributed by atoms with Crippen LogP contribution in [-0.4, -0.2) is 25.8 Å². The largest absolute Gasteiger partial charge is 0.496 e. The van der Waals surface area contributed by atoms with Crippen molar-refractivity contribution in [2.45, 2.75) is 25.9 Å². The molecule has 2 N–H and O–H groups in total. The molecule has 0 amide bonds. The third-order valence-corrected chi connectivity index (χ3v) is 2.65. The molecule has 0 radical (unpaired) electrons. The summed E-state index contributed by atoms with van der Waals surface area (Å²) in [4.78, 5) is 0. The van der Waals surface area contributed by atoms with Gasteiger partial charge in [0.2, 0.25) is 0 Å². The Labute approximate surface area is 97.4 Å². The molecule has 0 spiro atoms. The van der Waals surface area contributed by atoms with E-state index in [9.17, 15) is 5.11 Å². The second kappa shape index (κ2) is 5.87. The van der Waals surface area contributed by atoms with E-state index in [4.69, 9.17) is 4.74 Å². The topological polar surface area (TPSA) is 41.5 Å². The van der Waals surface area contributed by atoms with E-state index in [0.717, 1.165) is 16.9 Å². The Morgan fingerprint density at radius 1 is 1.38 bits per heavy atom. The van der Waals surface area contributed by atoms with Gasteiger partial charge >= 0.3 is 0 Å². The van der Waals surface area contributed by atoms with Gasteiger partial charge in [-0.2, -0.15) is 0 Å². The van der Waals surface area contributed by atoms with Crippen LogP contribution < -0.4 is 10.1 Å². The first-order valence-corrected chi connectivity index (χ1v) is 5.61. The average molecular weight is 223 g/mol. The smallest absolute Gasteiger partial charge is 0.122 e. The number of nitrogens with one attached hydrogen (secondary N) is 1. The van der Waals surface area contributed by atoms with Gasteiger partial charge in [-0.05, 0) is 24.6 Å². The molecule has 1 rings (SSSR count). The van der Waals surface area contributed by atoms with Crippen molar-refractivity contribution in [1.29, 1.82) is 0 Å². The van der Waals surface area contributed by atoms with E-state index in [1.807, 2.05) is 25.2 Å². The highest BCUT2D eigenvalue weighted by Crippen LogP contribution is 2.32. The Morgan fingerprint density at radius 3 is 2.56 bits per heavy atom. The number of methoxy groups -OCH3 is 1. The predicted molar refractivity (Wildman–Crippen MR) is 66.0 cm³/mol. The molecular formula is C13H21NO2. The fourth-order valence-corrected chi connectivity index (χ4v) is 1.95. The minimum atomic E-state index is -0.488. The van der Waals surface area contributed by atoms with E-state index in [1.165, 1.54) is 0 Å². The zero-order valence-electron chi connectivity index (χ0n) is 10.4. The lowest BCUT2D eigenvalue weighted by Crippen LogP contribution is -2.18. The molecule has 16 heavy (non-hydrogen) atoms. The van der Waals surface area contributed by atoms with Crippen LogP contribution in [0.2, 0.25) is 0 Å². The predicted octanol–water partition coefficient (Wildman–Crippen LogP) is 2.07. The first-order valence-electron chi connectivity index (χ1n) is 5.61. The molecule has 0 saturated heterocycles. The van der Waals surface area contributed by atoms with Crippen LogP contribution in [-0.2, 0) is 0 Å². The summed E-state index contributed by atoms with van der Waals surface area (Å²) < 4.78 is 5.34. The molecule has 0 aromatic heterocycles. The standard InChI is InChI=1S/C13H21NO2/c1-9(2)13-10(11(15)8-14-3)6-5-7-12(13)16-4/h5-7,9,11,14-15H,8H2,1-4H3. The Hall–Kier alpha value is -1.06. The van der Waals surface area contributed by atoms with E-state index in [0.29, 0.717) is 12.5 Å². The number of aliphatic hydroxyl groups is 1. The van der Waals surface area contributed by atoms with E-state index in [2.05, 4.69) is 19.2 Å². The molecule has 3 heteroatoms. The number of rotatable bonds is 5. The highest BCUT2D eigenvalue weighted by molar-refractivity contribution is 5.43. The quantitative estimate of drug-likeness (QED) is 0.803. The van der Waals surface area contributed by atoms with Crippen LogP contribution in [0.25, 0.3) is 0 Å². The Bertz CT molecular complexity index is 337. The van der Waals surface area contributed by atoms with Crippen LogP contribution in [0, 0.1) is 0 Å². The van der Waals surface area contributed by atoms with Gasteiger partial charge in [-0.1, -0.05) is 26.0 Å². The monoisotopic (exact) mass is 223 g/mol. The molecule has 3 nitrogen and oxygen atoms in total. The summed E-state index contributed by atoms with van der Waals surface area (Å²) in [5.74, 6) is 1.18. The molecule has 0 aliphatic carbocycles. The van der Waals surface area contributed by atoms with Gasteiger partial charge in [-0.15, -0.1) is 0 Å². The maximum absolute atomic E-state index is 10.1. The van der Waals surface area contributed by atoms with Crippen molar-refractivity contribution < 1.29 is 9.84 Å². The number of likely N-dealkylation sites (N-methyl/N-ethyl adjacent to an activating group) is 1. The second-order valence-corrected chi connectivity index (χ2v) is 4.19. The molecule has 1 unspecified atom stereocenters. The average Bonchev–Trinajstić information content (AvgIpc) is 2.28. The molecule has 0 heterocycles. The van der Waals surface area contributed by atoms with Gasteiger partial charge in [-0.3, -0.25) is 0 Å². The van der Waals surface area contributed by atoms with Gasteiger partial charge in [0.15, 0.2) is 0 Å². The zero-order chi connectivity index (χ0) is 12.1. The Kier molecular flexibility index (Phi) is 4.77. The van der Waals surface area contributed by atoms with Gasteiger partial charge < -0.3 is 15.2 Å². The van der Waals surface area contributed by atoms with Crippen LogP contribution >= 0.6 is 0 Å². The minimum absolute atomic E-state index is 0.331. The summed E-state index contributed by atoms with van der Waals surface area (Å²) in [6, 6.07) is 5.81. The van der Waals surface area contributed by atoms with Crippen molar-refractivity contribution in [3.8, 4) is 5.75 Å². The molecule has 1 aromatic rings. The summed E-state index contributed by atoms with van der Waals surface area (Å²) >= 11 is 0. The van der Waals surface area contributed by atoms with Crippen molar-refractivity contribution in [1.82, 2.24) is 5.32 Å². The van der Waals surface area contributed by atoms with E-state index >= 15 is 0 Å². The minimum Gasteiger partial charge on any atom is -0.496 e. The SMILES string of the molecule is CNCC(O)c1cccc(OC)c1C(C)C. The lowest BCUT2D eigenvalue weighted by molar-refractivity contribution is 0.176. The molecule has 0 aliphatic rings. The molecule has 0 saturated carbocycles. The van der Waals surface area contributed by atoms with Crippen LogP contribution in [0.15, 0.2) is 18.2 Å². The summed E-state index contributed by atoms with van der Waals surface area (Å²) in [7, 11) is 3.49. The highest BCUT2D eigenvalue weighted by atomic mass is 16.5. The Morgan fingerprint density at radius 2 is 2.06 bits per heavy atom. The van der Waals surface area contributed by atoms with E-state index in [-0.39, 0.29) is 0 Å². The lowest BCUT2D eigenvalue weighted by atomic mass is 9.93. The number of hydrogen-bond acceptors (Lipinski definition) is 3.